The molecule has 0 unspecified atom stereocenters. The topological polar surface area (TPSA) is 119 Å². The lowest BCUT2D eigenvalue weighted by Crippen LogP contribution is -2.38. The molecular weight excluding hydrogens is 406 g/mol. The van der Waals surface area contributed by atoms with Crippen molar-refractivity contribution in [3.63, 3.8) is 0 Å². The Kier molecular flexibility index (Phi) is 6.31. The molecule has 8 nitrogen and oxygen atoms in total. The lowest BCUT2D eigenvalue weighted by molar-refractivity contribution is 0.0693. The number of carbonyl (C=O) groups excluding carboxylic acids is 2. The number of primary amides is 1. The summed E-state index contributed by atoms with van der Waals surface area (Å²) in [5.41, 5.74) is 5.95. The third kappa shape index (κ3) is 4.73. The lowest BCUT2D eigenvalue weighted by atomic mass is 9.98. The molecule has 3 rings (SSSR count). The molecule has 2 amide bonds. The number of ether oxygens (including phenoxy) is 1. The summed E-state index contributed by atoms with van der Waals surface area (Å²) < 4.78 is 33.4. The number of anilines is 1. The number of hydrogen-bond acceptors (Lipinski definition) is 5. The van der Waals surface area contributed by atoms with E-state index in [9.17, 15) is 18.0 Å². The number of nitrogens with zero attached hydrogens (tertiary/aromatic N) is 1. The predicted molar refractivity (Wildman–Crippen MR) is 113 cm³/mol. The quantitative estimate of drug-likeness (QED) is 0.728. The van der Waals surface area contributed by atoms with Gasteiger partial charge in [0.2, 0.25) is 5.91 Å². The van der Waals surface area contributed by atoms with E-state index in [0.717, 1.165) is 12.8 Å². The number of nitrogens with one attached hydrogen (secondary N) is 1. The van der Waals surface area contributed by atoms with Crippen LogP contribution in [0.5, 0.6) is 5.75 Å². The zero-order chi connectivity index (χ0) is 21.9. The summed E-state index contributed by atoms with van der Waals surface area (Å²) in [7, 11) is -2.52. The van der Waals surface area contributed by atoms with Crippen LogP contribution in [0.2, 0.25) is 0 Å². The smallest absolute Gasteiger partial charge is 0.261 e. The highest BCUT2D eigenvalue weighted by molar-refractivity contribution is 7.92. The number of nitrogens with two attached hydrogens (primary N) is 1. The van der Waals surface area contributed by atoms with Gasteiger partial charge in [-0.3, -0.25) is 14.3 Å². The van der Waals surface area contributed by atoms with E-state index in [1.807, 2.05) is 0 Å². The minimum atomic E-state index is -3.96. The third-order valence-electron chi connectivity index (χ3n) is 5.20. The first-order chi connectivity index (χ1) is 14.2. The van der Waals surface area contributed by atoms with Crippen molar-refractivity contribution in [1.29, 1.82) is 0 Å². The Morgan fingerprint density at radius 1 is 1.10 bits per heavy atom. The Hall–Kier alpha value is -3.07. The molecule has 0 spiro atoms. The molecule has 0 radical (unpaired) electrons. The normalized spacial score (nSPS) is 14.9. The average molecular weight is 432 g/mol. The largest absolute Gasteiger partial charge is 0.496 e. The molecule has 0 atom stereocenters. The second-order valence-corrected chi connectivity index (χ2v) is 9.07. The van der Waals surface area contributed by atoms with Crippen LogP contribution >= 0.6 is 0 Å². The number of methoxy groups -OCH3 is 1. The van der Waals surface area contributed by atoms with Gasteiger partial charge in [-0.15, -0.1) is 0 Å². The van der Waals surface area contributed by atoms with Crippen molar-refractivity contribution in [3.8, 4) is 5.75 Å². The van der Waals surface area contributed by atoms with E-state index in [2.05, 4.69) is 11.6 Å². The highest BCUT2D eigenvalue weighted by Gasteiger charge is 2.26. The summed E-state index contributed by atoms with van der Waals surface area (Å²) in [6, 6.07) is 9.95. The van der Waals surface area contributed by atoms with Gasteiger partial charge in [-0.2, -0.15) is 0 Å². The number of benzene rings is 2. The molecule has 0 bridgehead atoms. The van der Waals surface area contributed by atoms with Crippen LogP contribution in [-0.2, 0) is 10.0 Å². The number of sulfonamides is 1. The van der Waals surface area contributed by atoms with Crippen LogP contribution in [0.15, 0.2) is 47.4 Å². The van der Waals surface area contributed by atoms with E-state index in [1.165, 1.54) is 49.6 Å². The minimum Gasteiger partial charge on any atom is -0.496 e. The molecule has 0 saturated carbocycles. The maximum atomic E-state index is 13.0. The fraction of sp³-hybridized carbons (Fsp3) is 0.333. The van der Waals surface area contributed by atoms with Crippen molar-refractivity contribution in [2.45, 2.75) is 24.7 Å². The summed E-state index contributed by atoms with van der Waals surface area (Å²) in [5.74, 6) is 0.0348. The van der Waals surface area contributed by atoms with Crippen molar-refractivity contribution < 1.29 is 22.7 Å². The number of rotatable bonds is 6. The van der Waals surface area contributed by atoms with Gasteiger partial charge in [-0.1, -0.05) is 6.92 Å². The first-order valence-electron chi connectivity index (χ1n) is 9.61. The van der Waals surface area contributed by atoms with Gasteiger partial charge < -0.3 is 15.4 Å². The van der Waals surface area contributed by atoms with E-state index in [1.54, 1.807) is 4.90 Å². The second kappa shape index (κ2) is 8.74. The number of likely N-dealkylation sites (tertiary alicyclic amines) is 1. The standard InChI is InChI=1S/C21H25N3O5S/c1-14-9-11-24(12-10-14)21(26)18-13-17(7-8-19(18)29-2)30(27,28)23-16-5-3-15(4-6-16)20(22)25/h3-8,13-14,23H,9-12H2,1-2H3,(H2,22,25). The van der Waals surface area contributed by atoms with E-state index in [0.29, 0.717) is 24.8 Å². The number of hydrogen-bond donors (Lipinski definition) is 2. The molecule has 1 heterocycles. The maximum absolute atomic E-state index is 13.0. The molecule has 1 saturated heterocycles. The highest BCUT2D eigenvalue weighted by Crippen LogP contribution is 2.27. The summed E-state index contributed by atoms with van der Waals surface area (Å²) in [6.07, 6.45) is 1.82. The van der Waals surface area contributed by atoms with Crippen LogP contribution in [-0.4, -0.2) is 45.3 Å². The number of amides is 2. The van der Waals surface area contributed by atoms with Crippen LogP contribution in [0.25, 0.3) is 0 Å². The Bertz CT molecular complexity index is 1040. The zero-order valence-corrected chi connectivity index (χ0v) is 17.7. The summed E-state index contributed by atoms with van der Waals surface area (Å²) >= 11 is 0. The molecule has 0 aromatic heterocycles. The van der Waals surface area contributed by atoms with Gasteiger partial charge in [0.25, 0.3) is 15.9 Å². The van der Waals surface area contributed by atoms with Crippen LogP contribution in [0.1, 0.15) is 40.5 Å². The van der Waals surface area contributed by atoms with Crippen LogP contribution in [0.3, 0.4) is 0 Å². The summed E-state index contributed by atoms with van der Waals surface area (Å²) in [4.78, 5) is 25.8. The molecular formula is C21H25N3O5S. The van der Waals surface area contributed by atoms with Crippen LogP contribution in [0.4, 0.5) is 5.69 Å². The van der Waals surface area contributed by atoms with Crippen molar-refractivity contribution in [2.24, 2.45) is 11.7 Å². The molecule has 0 aliphatic carbocycles. The monoisotopic (exact) mass is 431 g/mol. The summed E-state index contributed by atoms with van der Waals surface area (Å²) in [5, 5.41) is 0. The molecule has 1 aliphatic heterocycles. The molecule has 1 aliphatic rings. The predicted octanol–water partition coefficient (Wildman–Crippen LogP) is 2.47. The van der Waals surface area contributed by atoms with Crippen molar-refractivity contribution in [2.75, 3.05) is 24.9 Å². The van der Waals surface area contributed by atoms with Gasteiger partial charge in [-0.25, -0.2) is 8.42 Å². The molecule has 1 fully saturated rings. The molecule has 9 heteroatoms. The van der Waals surface area contributed by atoms with Gasteiger partial charge in [0.05, 0.1) is 17.6 Å². The van der Waals surface area contributed by atoms with E-state index < -0.39 is 15.9 Å². The van der Waals surface area contributed by atoms with E-state index >= 15 is 0 Å². The highest BCUT2D eigenvalue weighted by atomic mass is 32.2. The van der Waals surface area contributed by atoms with Gasteiger partial charge in [0, 0.05) is 24.3 Å². The molecule has 2 aromatic rings. The van der Waals surface area contributed by atoms with Crippen molar-refractivity contribution in [3.05, 3.63) is 53.6 Å². The van der Waals surface area contributed by atoms with Crippen LogP contribution < -0.4 is 15.2 Å². The molecule has 2 aromatic carbocycles. The molecule has 3 N–H and O–H groups in total. The van der Waals surface area contributed by atoms with Gasteiger partial charge >= 0.3 is 0 Å². The maximum Gasteiger partial charge on any atom is 0.261 e. The van der Waals surface area contributed by atoms with Gasteiger partial charge in [0.1, 0.15) is 5.75 Å². The Labute approximate surface area is 176 Å². The average Bonchev–Trinajstić information content (AvgIpc) is 2.73. The fourth-order valence-electron chi connectivity index (χ4n) is 3.32. The fourth-order valence-corrected chi connectivity index (χ4v) is 4.40. The van der Waals surface area contributed by atoms with E-state index in [4.69, 9.17) is 10.5 Å². The zero-order valence-electron chi connectivity index (χ0n) is 16.9. The first-order valence-corrected chi connectivity index (χ1v) is 11.1. The summed E-state index contributed by atoms with van der Waals surface area (Å²) in [6.45, 7) is 3.41. The van der Waals surface area contributed by atoms with Gasteiger partial charge in [-0.05, 0) is 61.2 Å². The Morgan fingerprint density at radius 2 is 1.73 bits per heavy atom. The van der Waals surface area contributed by atoms with E-state index in [-0.39, 0.29) is 27.6 Å². The Balaban J connectivity index is 1.87. The number of piperidine rings is 1. The van der Waals surface area contributed by atoms with Crippen LogP contribution in [0, 0.1) is 5.92 Å². The lowest BCUT2D eigenvalue weighted by Gasteiger charge is -2.30. The van der Waals surface area contributed by atoms with Crippen molar-refractivity contribution in [1.82, 2.24) is 4.90 Å². The number of carbonyl (C=O) groups is 2. The Morgan fingerprint density at radius 3 is 2.30 bits per heavy atom. The van der Waals surface area contributed by atoms with Gasteiger partial charge in [0.15, 0.2) is 0 Å². The minimum absolute atomic E-state index is 0.0593. The molecule has 160 valence electrons. The second-order valence-electron chi connectivity index (χ2n) is 7.38. The third-order valence-corrected chi connectivity index (χ3v) is 6.58. The molecule has 30 heavy (non-hydrogen) atoms. The SMILES string of the molecule is COc1ccc(S(=O)(=O)Nc2ccc(C(N)=O)cc2)cc1C(=O)N1CCC(C)CC1. The first kappa shape index (κ1) is 21.6. The van der Waals surface area contributed by atoms with Crippen molar-refractivity contribution >= 4 is 27.5 Å².